The van der Waals surface area contributed by atoms with Gasteiger partial charge in [0.25, 0.3) is 11.8 Å². The van der Waals surface area contributed by atoms with E-state index in [1.807, 2.05) is 0 Å². The first-order valence-electron chi connectivity index (χ1n) is 25.1. The van der Waals surface area contributed by atoms with E-state index in [-0.39, 0.29) is 76.3 Å². The SMILES string of the molecule is CCN1CCN(C(=O)N[C@@H](C(=O)N[C@@H]2C(=O)N3[C@@H]2SC(C)(C)[C@@H]3C(=O)OCc2ccc(NC(=O)[C@H](CCCNC(N)=O)NC(=O)C(NC(=O)CCCCCN3C(=O)C=CC3=O)C(C)C)cc2)c2ccccc2)C(=O)C1=O. The lowest BCUT2D eigenvalue weighted by Gasteiger charge is -2.44. The third kappa shape index (κ3) is 14.1. The fraction of sp³-hybridized carbons (Fsp3) is 0.490. The number of urea groups is 2. The number of ether oxygens (including phenoxy) is 1. The summed E-state index contributed by atoms with van der Waals surface area (Å²) in [6, 6.07) is 7.25. The number of esters is 1. The van der Waals surface area contributed by atoms with E-state index in [1.54, 1.807) is 89.2 Å². The van der Waals surface area contributed by atoms with E-state index in [9.17, 15) is 57.5 Å². The predicted octanol–water partition coefficient (Wildman–Crippen LogP) is 0.917. The minimum Gasteiger partial charge on any atom is -0.459 e. The van der Waals surface area contributed by atoms with Crippen molar-refractivity contribution in [3.05, 3.63) is 77.9 Å². The van der Waals surface area contributed by atoms with Crippen LogP contribution in [-0.4, -0.2) is 158 Å². The molecule has 0 saturated carbocycles. The number of hydrogen-bond donors (Lipinski definition) is 7. The largest absolute Gasteiger partial charge is 0.459 e. The fourth-order valence-electron chi connectivity index (χ4n) is 9.04. The van der Waals surface area contributed by atoms with Crippen LogP contribution in [0.2, 0.25) is 0 Å². The van der Waals surface area contributed by atoms with Gasteiger partial charge in [0.05, 0.1) is 0 Å². The summed E-state index contributed by atoms with van der Waals surface area (Å²) in [6.45, 7) is 9.22. The Labute approximate surface area is 443 Å². The van der Waals surface area contributed by atoms with Crippen molar-refractivity contribution in [3.63, 3.8) is 0 Å². The highest BCUT2D eigenvalue weighted by Gasteiger charge is 2.64. The van der Waals surface area contributed by atoms with E-state index < -0.39 is 99.7 Å². The number of piperazine rings is 1. The minimum atomic E-state index is -1.35. The summed E-state index contributed by atoms with van der Waals surface area (Å²) in [4.78, 5) is 160. The van der Waals surface area contributed by atoms with Crippen LogP contribution in [0.5, 0.6) is 0 Å². The average Bonchev–Trinajstić information content (AvgIpc) is 3.87. The zero-order valence-electron chi connectivity index (χ0n) is 43.0. The zero-order valence-corrected chi connectivity index (χ0v) is 43.8. The van der Waals surface area contributed by atoms with Crippen LogP contribution in [0.25, 0.3) is 0 Å². The molecule has 408 valence electrons. The Kier molecular flexibility index (Phi) is 19.4. The Morgan fingerprint density at radius 2 is 1.49 bits per heavy atom. The number of imide groups is 2. The maximum absolute atomic E-state index is 13.9. The van der Waals surface area contributed by atoms with E-state index >= 15 is 0 Å². The number of fused-ring (bicyclic) bond motifs is 1. The van der Waals surface area contributed by atoms with Gasteiger partial charge in [0.2, 0.25) is 29.5 Å². The molecule has 2 aromatic rings. The fourth-order valence-corrected chi connectivity index (χ4v) is 10.7. The third-order valence-electron chi connectivity index (χ3n) is 13.2. The molecule has 0 aliphatic carbocycles. The van der Waals surface area contributed by atoms with Gasteiger partial charge in [-0.1, -0.05) is 62.7 Å². The molecule has 24 nitrogen and oxygen atoms in total. The molecule has 1 unspecified atom stereocenters. The molecular formula is C51H65N11O13S. The van der Waals surface area contributed by atoms with Gasteiger partial charge >= 0.3 is 29.8 Å². The van der Waals surface area contributed by atoms with Crippen molar-refractivity contribution in [1.82, 2.24) is 46.2 Å². The third-order valence-corrected chi connectivity index (χ3v) is 14.8. The summed E-state index contributed by atoms with van der Waals surface area (Å²) in [5, 5.41) is 15.3. The highest BCUT2D eigenvalue weighted by Crippen LogP contribution is 2.51. The second-order valence-electron chi connectivity index (χ2n) is 19.4. The maximum atomic E-state index is 13.9. The number of rotatable bonds is 24. The van der Waals surface area contributed by atoms with Crippen LogP contribution in [0.1, 0.15) is 90.3 Å². The number of unbranched alkanes of at least 4 members (excludes halogenated alkanes) is 2. The molecule has 8 N–H and O–H groups in total. The first-order chi connectivity index (χ1) is 36.1. The number of carbonyl (C=O) groups is 12. The topological polar surface area (TPSA) is 325 Å². The number of primary amides is 1. The molecule has 6 atom stereocenters. The van der Waals surface area contributed by atoms with Crippen molar-refractivity contribution in [1.29, 1.82) is 0 Å². The maximum Gasteiger partial charge on any atom is 0.330 e. The Morgan fingerprint density at radius 3 is 2.13 bits per heavy atom. The predicted molar refractivity (Wildman–Crippen MR) is 274 cm³/mol. The van der Waals surface area contributed by atoms with Crippen molar-refractivity contribution in [3.8, 4) is 0 Å². The molecule has 0 spiro atoms. The number of carbonyl (C=O) groups excluding carboxylic acids is 12. The number of likely N-dealkylation sites (N-methyl/N-ethyl adjacent to an activating group) is 1. The second kappa shape index (κ2) is 25.6. The van der Waals surface area contributed by atoms with E-state index in [2.05, 4.69) is 31.9 Å². The molecule has 4 aliphatic heterocycles. The van der Waals surface area contributed by atoms with Crippen LogP contribution >= 0.6 is 11.8 Å². The lowest BCUT2D eigenvalue weighted by molar-refractivity contribution is -0.165. The van der Waals surface area contributed by atoms with Gasteiger partial charge in [-0.05, 0) is 75.6 Å². The van der Waals surface area contributed by atoms with Gasteiger partial charge in [0, 0.05) is 61.7 Å². The molecule has 0 bridgehead atoms. The molecular weight excluding hydrogens is 1010 g/mol. The number of nitrogens with two attached hydrogens (primary N) is 1. The summed E-state index contributed by atoms with van der Waals surface area (Å²) in [5.74, 6) is -6.57. The minimum absolute atomic E-state index is 0.0754. The van der Waals surface area contributed by atoms with Gasteiger partial charge in [-0.2, -0.15) is 0 Å². The van der Waals surface area contributed by atoms with Crippen molar-refractivity contribution in [2.75, 3.05) is 38.0 Å². The first kappa shape index (κ1) is 57.4. The highest BCUT2D eigenvalue weighted by molar-refractivity contribution is 8.01. The standard InChI is InChI=1S/C51H65N11O13S/c1-6-59-26-27-61(46(71)45(59)70)50(74)58-38(31-14-9-7-10-15-31)43(68)57-39-44(69)62-40(51(4,5)76-47(39)62)48(72)75-28-30-18-20-32(21-19-30)54-41(66)33(16-13-24-53-49(52)73)55-42(67)37(29(2)3)56-34(63)17-11-8-12-25-60-35(64)22-23-36(60)65/h7,9-10,14-15,18-23,29,33,37-40,47H,6,8,11-13,16-17,24-28H2,1-5H3,(H,54,66)(H,55,67)(H,56,63)(H,57,68)(H,58,74)(H3,52,53,73)/t33-,37?,38+,39+,40-,47+/m0/s1. The molecule has 2 aromatic carbocycles. The number of β-lactam (4-membered cyclic amide) rings is 1. The quantitative estimate of drug-likeness (QED) is 0.0253. The van der Waals surface area contributed by atoms with Crippen LogP contribution in [0, 0.1) is 5.92 Å². The van der Waals surface area contributed by atoms with Crippen molar-refractivity contribution >= 4 is 88.6 Å². The van der Waals surface area contributed by atoms with Gasteiger partial charge in [-0.3, -0.25) is 53.0 Å². The van der Waals surface area contributed by atoms with E-state index in [0.29, 0.717) is 36.1 Å². The van der Waals surface area contributed by atoms with E-state index in [0.717, 1.165) is 9.80 Å². The lowest BCUT2D eigenvalue weighted by Crippen LogP contribution is -2.71. The normalized spacial score (nSPS) is 19.8. The lowest BCUT2D eigenvalue weighted by atomic mass is 9.95. The summed E-state index contributed by atoms with van der Waals surface area (Å²) in [6.07, 6.45) is 4.36. The van der Waals surface area contributed by atoms with Crippen LogP contribution in [-0.2, 0) is 59.3 Å². The monoisotopic (exact) mass is 1070 g/mol. The van der Waals surface area contributed by atoms with Crippen LogP contribution in [0.4, 0.5) is 15.3 Å². The molecule has 4 heterocycles. The molecule has 76 heavy (non-hydrogen) atoms. The van der Waals surface area contributed by atoms with Gasteiger partial charge in [0.15, 0.2) is 0 Å². The molecule has 0 radical (unpaired) electrons. The summed E-state index contributed by atoms with van der Waals surface area (Å²) in [7, 11) is 0. The van der Waals surface area contributed by atoms with Crippen LogP contribution < -0.4 is 37.6 Å². The number of nitrogens with zero attached hydrogens (tertiary/aromatic N) is 4. The van der Waals surface area contributed by atoms with Crippen molar-refractivity contribution in [2.24, 2.45) is 11.7 Å². The number of anilines is 1. The first-order valence-corrected chi connectivity index (χ1v) is 26.0. The van der Waals surface area contributed by atoms with Gasteiger partial charge in [0.1, 0.15) is 42.2 Å². The Bertz CT molecular complexity index is 2600. The Hall–Kier alpha value is -7.83. The number of hydrogen-bond acceptors (Lipinski definition) is 14. The average molecular weight is 1070 g/mol. The van der Waals surface area contributed by atoms with Gasteiger partial charge in [-0.15, -0.1) is 11.8 Å². The van der Waals surface area contributed by atoms with Crippen LogP contribution in [0.15, 0.2) is 66.7 Å². The summed E-state index contributed by atoms with van der Waals surface area (Å²) < 4.78 is 4.86. The Morgan fingerprint density at radius 1 is 0.803 bits per heavy atom. The molecule has 13 amide bonds. The summed E-state index contributed by atoms with van der Waals surface area (Å²) in [5.41, 5.74) is 6.43. The second-order valence-corrected chi connectivity index (χ2v) is 21.2. The van der Waals surface area contributed by atoms with Crippen LogP contribution in [0.3, 0.4) is 0 Å². The molecule has 0 aromatic heterocycles. The smallest absolute Gasteiger partial charge is 0.330 e. The molecule has 3 fully saturated rings. The number of nitrogens with one attached hydrogen (secondary N) is 6. The summed E-state index contributed by atoms with van der Waals surface area (Å²) >= 11 is 1.29. The highest BCUT2D eigenvalue weighted by atomic mass is 32.2. The van der Waals surface area contributed by atoms with E-state index in [4.69, 9.17) is 10.5 Å². The van der Waals surface area contributed by atoms with Crippen molar-refractivity contribution < 1.29 is 62.3 Å². The number of thioether (sulfide) groups is 1. The molecule has 4 aliphatic rings. The van der Waals surface area contributed by atoms with Crippen molar-refractivity contribution in [2.45, 2.75) is 120 Å². The molecule has 6 rings (SSSR count). The molecule has 25 heteroatoms. The Balaban J connectivity index is 1.01. The number of amides is 13. The van der Waals surface area contributed by atoms with Gasteiger partial charge in [-0.25, -0.2) is 14.4 Å². The zero-order chi connectivity index (χ0) is 55.4. The van der Waals surface area contributed by atoms with Gasteiger partial charge < -0.3 is 52.2 Å². The number of benzene rings is 2. The van der Waals surface area contributed by atoms with E-state index in [1.165, 1.54) is 33.7 Å². The molecule has 3 saturated heterocycles.